The molecule has 0 spiro atoms. The zero-order valence-corrected chi connectivity index (χ0v) is 17.6. The number of nitrogens with zero attached hydrogens (tertiary/aromatic N) is 2. The second kappa shape index (κ2) is 6.06. The molecular formula is C28H24N2. The van der Waals surface area contributed by atoms with E-state index in [9.17, 15) is 0 Å². The summed E-state index contributed by atoms with van der Waals surface area (Å²) in [7, 11) is 0. The molecule has 0 unspecified atom stereocenters. The molecule has 0 fully saturated rings. The highest BCUT2D eigenvalue weighted by atomic mass is 14.9. The van der Waals surface area contributed by atoms with Gasteiger partial charge in [-0.05, 0) is 64.6 Å². The normalized spacial score (nSPS) is 12.6. The average Bonchev–Trinajstić information content (AvgIpc) is 3.11. The Hall–Kier alpha value is -3.39. The molecule has 6 aromatic rings. The second-order valence-electron chi connectivity index (χ2n) is 9.61. The highest BCUT2D eigenvalue weighted by Crippen LogP contribution is 2.36. The summed E-state index contributed by atoms with van der Waals surface area (Å²) < 4.78 is 2.40. The molecular weight excluding hydrogens is 364 g/mol. The number of rotatable bonds is 1. The van der Waals surface area contributed by atoms with Gasteiger partial charge in [-0.25, -0.2) is 0 Å². The topological polar surface area (TPSA) is 17.3 Å². The summed E-state index contributed by atoms with van der Waals surface area (Å²) in [4.78, 5) is 4.81. The monoisotopic (exact) mass is 388 g/mol. The third-order valence-electron chi connectivity index (χ3n) is 6.05. The molecule has 0 N–H and O–H groups in total. The van der Waals surface area contributed by atoms with Gasteiger partial charge >= 0.3 is 0 Å². The molecule has 3 aromatic heterocycles. The predicted molar refractivity (Wildman–Crippen MR) is 128 cm³/mol. The van der Waals surface area contributed by atoms with Crippen LogP contribution < -0.4 is 0 Å². The van der Waals surface area contributed by atoms with E-state index < -0.39 is 0 Å². The van der Waals surface area contributed by atoms with Gasteiger partial charge in [0.15, 0.2) is 0 Å². The fourth-order valence-electron chi connectivity index (χ4n) is 4.86. The van der Waals surface area contributed by atoms with Crippen molar-refractivity contribution < 1.29 is 0 Å². The smallest absolute Gasteiger partial charge is 0.0949 e. The van der Waals surface area contributed by atoms with Gasteiger partial charge in [0.2, 0.25) is 0 Å². The van der Waals surface area contributed by atoms with Crippen LogP contribution in [0.3, 0.4) is 0 Å². The molecule has 2 heteroatoms. The lowest BCUT2D eigenvalue weighted by molar-refractivity contribution is 0.411. The number of hydrogen-bond acceptors (Lipinski definition) is 1. The highest BCUT2D eigenvalue weighted by Gasteiger charge is 2.16. The van der Waals surface area contributed by atoms with E-state index in [1.165, 1.54) is 43.5 Å². The van der Waals surface area contributed by atoms with Crippen molar-refractivity contribution in [3.05, 3.63) is 84.6 Å². The van der Waals surface area contributed by atoms with E-state index in [-0.39, 0.29) is 5.41 Å². The van der Waals surface area contributed by atoms with Crippen molar-refractivity contribution in [2.24, 2.45) is 5.41 Å². The molecule has 0 atom stereocenters. The number of fused-ring (bicyclic) bond motifs is 9. The molecule has 0 radical (unpaired) electrons. The van der Waals surface area contributed by atoms with E-state index in [0.717, 1.165) is 17.5 Å². The number of aromatic nitrogens is 2. The maximum atomic E-state index is 4.81. The van der Waals surface area contributed by atoms with Crippen molar-refractivity contribution >= 4 is 49.0 Å². The first-order valence-corrected chi connectivity index (χ1v) is 10.6. The van der Waals surface area contributed by atoms with Crippen LogP contribution in [0, 0.1) is 5.41 Å². The third-order valence-corrected chi connectivity index (χ3v) is 6.05. The molecule has 146 valence electrons. The second-order valence-corrected chi connectivity index (χ2v) is 9.61. The van der Waals surface area contributed by atoms with Crippen molar-refractivity contribution in [2.45, 2.75) is 27.2 Å². The maximum absolute atomic E-state index is 4.81. The van der Waals surface area contributed by atoms with Gasteiger partial charge < -0.3 is 4.40 Å². The van der Waals surface area contributed by atoms with Crippen molar-refractivity contribution in [2.75, 3.05) is 0 Å². The Morgan fingerprint density at radius 2 is 1.47 bits per heavy atom. The first-order valence-electron chi connectivity index (χ1n) is 10.6. The van der Waals surface area contributed by atoms with Crippen LogP contribution in [0.5, 0.6) is 0 Å². The molecule has 0 saturated heterocycles. The molecule has 3 heterocycles. The van der Waals surface area contributed by atoms with Crippen molar-refractivity contribution in [1.29, 1.82) is 0 Å². The van der Waals surface area contributed by atoms with E-state index in [0.29, 0.717) is 0 Å². The van der Waals surface area contributed by atoms with Crippen LogP contribution in [0.1, 0.15) is 26.3 Å². The molecule has 0 amide bonds. The lowest BCUT2D eigenvalue weighted by Crippen LogP contribution is -2.08. The van der Waals surface area contributed by atoms with Crippen LogP contribution >= 0.6 is 0 Å². The molecule has 0 aliphatic rings. The van der Waals surface area contributed by atoms with E-state index in [4.69, 9.17) is 4.98 Å². The summed E-state index contributed by atoms with van der Waals surface area (Å²) in [6.07, 6.45) is 2.96. The van der Waals surface area contributed by atoms with E-state index >= 15 is 0 Å². The first-order chi connectivity index (χ1) is 14.5. The van der Waals surface area contributed by atoms with Gasteiger partial charge in [0, 0.05) is 22.4 Å². The van der Waals surface area contributed by atoms with Crippen LogP contribution in [0.25, 0.3) is 49.0 Å². The summed E-state index contributed by atoms with van der Waals surface area (Å²) in [6, 6.07) is 26.7. The number of pyridine rings is 2. The SMILES string of the molecule is CC(C)(C)Cc1ccc2cc3c4cc5ccccc5cc4c4ncccc4n3c2c1. The Morgan fingerprint density at radius 3 is 2.23 bits per heavy atom. The minimum Gasteiger partial charge on any atom is -0.307 e. The molecule has 0 aliphatic carbocycles. The van der Waals surface area contributed by atoms with Crippen LogP contribution in [0.4, 0.5) is 0 Å². The van der Waals surface area contributed by atoms with Crippen LogP contribution in [-0.2, 0) is 6.42 Å². The zero-order valence-electron chi connectivity index (χ0n) is 17.6. The molecule has 3 aromatic carbocycles. The van der Waals surface area contributed by atoms with Crippen LogP contribution in [0.2, 0.25) is 0 Å². The van der Waals surface area contributed by atoms with Gasteiger partial charge in [0.25, 0.3) is 0 Å². The van der Waals surface area contributed by atoms with Crippen molar-refractivity contribution in [3.63, 3.8) is 0 Å². The van der Waals surface area contributed by atoms with Gasteiger partial charge in [-0.2, -0.15) is 0 Å². The largest absolute Gasteiger partial charge is 0.307 e. The fraction of sp³-hybridized carbons (Fsp3) is 0.179. The van der Waals surface area contributed by atoms with E-state index in [1.54, 1.807) is 0 Å². The highest BCUT2D eigenvalue weighted by molar-refractivity contribution is 6.17. The summed E-state index contributed by atoms with van der Waals surface area (Å²) in [5.41, 5.74) is 6.38. The molecule has 0 saturated carbocycles. The molecule has 0 aliphatic heterocycles. The Morgan fingerprint density at radius 1 is 0.700 bits per heavy atom. The lowest BCUT2D eigenvalue weighted by Gasteiger charge is -2.18. The first kappa shape index (κ1) is 17.5. The van der Waals surface area contributed by atoms with Crippen molar-refractivity contribution in [1.82, 2.24) is 9.38 Å². The van der Waals surface area contributed by atoms with Crippen LogP contribution in [-0.4, -0.2) is 9.38 Å². The summed E-state index contributed by atoms with van der Waals surface area (Å²) in [5, 5.41) is 6.27. The van der Waals surface area contributed by atoms with Crippen LogP contribution in [0.15, 0.2) is 79.0 Å². The summed E-state index contributed by atoms with van der Waals surface area (Å²) in [6.45, 7) is 6.89. The Kier molecular flexibility index (Phi) is 3.53. The minimum atomic E-state index is 0.260. The standard InChI is InChI=1S/C28H24N2/c1-28(2,3)17-18-10-11-21-16-26-22-14-19-7-4-5-8-20(19)15-23(22)27-24(9-6-12-29-27)30(26)25(21)13-18/h4-16H,17H2,1-3H3. The minimum absolute atomic E-state index is 0.260. The van der Waals surface area contributed by atoms with E-state index in [1.807, 2.05) is 12.3 Å². The average molecular weight is 389 g/mol. The number of hydrogen-bond donors (Lipinski definition) is 0. The maximum Gasteiger partial charge on any atom is 0.0949 e. The molecule has 6 rings (SSSR count). The van der Waals surface area contributed by atoms with Gasteiger partial charge in [0.05, 0.1) is 22.1 Å². The Bertz CT molecular complexity index is 1600. The van der Waals surface area contributed by atoms with Gasteiger partial charge in [-0.1, -0.05) is 57.2 Å². The lowest BCUT2D eigenvalue weighted by atomic mass is 9.88. The Labute approximate surface area is 175 Å². The summed E-state index contributed by atoms with van der Waals surface area (Å²) in [5.74, 6) is 0. The number of benzene rings is 3. The zero-order chi connectivity index (χ0) is 20.5. The van der Waals surface area contributed by atoms with Crippen molar-refractivity contribution in [3.8, 4) is 0 Å². The van der Waals surface area contributed by atoms with E-state index in [2.05, 4.69) is 91.9 Å². The third kappa shape index (κ3) is 2.60. The fourth-order valence-corrected chi connectivity index (χ4v) is 4.86. The Balaban J connectivity index is 1.81. The quantitative estimate of drug-likeness (QED) is 0.210. The molecule has 0 bridgehead atoms. The molecule has 30 heavy (non-hydrogen) atoms. The van der Waals surface area contributed by atoms with Gasteiger partial charge in [-0.3, -0.25) is 4.98 Å². The predicted octanol–water partition coefficient (Wildman–Crippen LogP) is 7.54. The summed E-state index contributed by atoms with van der Waals surface area (Å²) >= 11 is 0. The molecule has 2 nitrogen and oxygen atoms in total. The van der Waals surface area contributed by atoms with Gasteiger partial charge in [-0.15, -0.1) is 0 Å². The van der Waals surface area contributed by atoms with Gasteiger partial charge in [0.1, 0.15) is 0 Å².